The van der Waals surface area contributed by atoms with Gasteiger partial charge in [-0.2, -0.15) is 0 Å². The Kier molecular flexibility index (Phi) is 5.15. The summed E-state index contributed by atoms with van der Waals surface area (Å²) in [5.74, 6) is 0.948. The summed E-state index contributed by atoms with van der Waals surface area (Å²) in [6.07, 6.45) is 9.82. The summed E-state index contributed by atoms with van der Waals surface area (Å²) in [5, 5.41) is 0. The van der Waals surface area contributed by atoms with E-state index in [1.807, 2.05) is 0 Å². The highest BCUT2D eigenvalue weighted by molar-refractivity contribution is 5.67. The standard InChI is InChI=1S/C24H34O5/c1-14(26)28-18-11-16-5-6-19-20-7-8-22(29-15(2)27)23(20,3)10-9-21(19)24(16,4)17(12-18)13-25/h5,13,17-22H,6-12H2,1-4H3/t17?,18?,19-,20-,21+,22?,23-,24+/m0/s1. The van der Waals surface area contributed by atoms with Crippen LogP contribution in [-0.4, -0.2) is 30.4 Å². The smallest absolute Gasteiger partial charge is 0.302 e. The van der Waals surface area contributed by atoms with Crippen molar-refractivity contribution in [1.29, 1.82) is 0 Å². The van der Waals surface area contributed by atoms with Crippen LogP contribution in [0.25, 0.3) is 0 Å². The van der Waals surface area contributed by atoms with Crippen LogP contribution in [0.2, 0.25) is 0 Å². The number of hydrogen-bond acceptors (Lipinski definition) is 5. The lowest BCUT2D eigenvalue weighted by atomic mass is 9.45. The van der Waals surface area contributed by atoms with E-state index in [2.05, 4.69) is 19.9 Å². The van der Waals surface area contributed by atoms with Crippen molar-refractivity contribution >= 4 is 18.2 Å². The molecule has 0 aromatic carbocycles. The van der Waals surface area contributed by atoms with Crippen molar-refractivity contribution in [3.63, 3.8) is 0 Å². The highest BCUT2D eigenvalue weighted by atomic mass is 16.5. The molecule has 0 saturated heterocycles. The maximum atomic E-state index is 12.2. The van der Waals surface area contributed by atoms with Gasteiger partial charge in [-0.25, -0.2) is 0 Å². The first-order valence-corrected chi connectivity index (χ1v) is 11.2. The molecular formula is C24H34O5. The van der Waals surface area contributed by atoms with Crippen LogP contribution in [0.3, 0.4) is 0 Å². The van der Waals surface area contributed by atoms with Gasteiger partial charge < -0.3 is 14.3 Å². The van der Waals surface area contributed by atoms with Gasteiger partial charge in [0.1, 0.15) is 18.5 Å². The molecule has 0 spiro atoms. The molecule has 5 nitrogen and oxygen atoms in total. The van der Waals surface area contributed by atoms with Crippen LogP contribution in [0.15, 0.2) is 11.6 Å². The minimum absolute atomic E-state index is 0.0192. The third-order valence-corrected chi connectivity index (χ3v) is 8.99. The summed E-state index contributed by atoms with van der Waals surface area (Å²) in [4.78, 5) is 35.3. The van der Waals surface area contributed by atoms with E-state index in [1.165, 1.54) is 19.4 Å². The number of ether oxygens (including phenoxy) is 2. The molecule has 0 aromatic heterocycles. The fraction of sp³-hybridized carbons (Fsp3) is 0.792. The predicted molar refractivity (Wildman–Crippen MR) is 108 cm³/mol. The Hall–Kier alpha value is -1.65. The van der Waals surface area contributed by atoms with Crippen LogP contribution in [0.4, 0.5) is 0 Å². The maximum Gasteiger partial charge on any atom is 0.302 e. The molecule has 3 fully saturated rings. The minimum atomic E-state index is -0.270. The topological polar surface area (TPSA) is 69.7 Å². The molecule has 4 aliphatic carbocycles. The van der Waals surface area contributed by atoms with E-state index in [-0.39, 0.29) is 40.9 Å². The van der Waals surface area contributed by atoms with E-state index in [9.17, 15) is 14.4 Å². The molecule has 5 heteroatoms. The summed E-state index contributed by atoms with van der Waals surface area (Å²) in [6, 6.07) is 0. The molecule has 3 saturated carbocycles. The number of rotatable bonds is 3. The van der Waals surface area contributed by atoms with Crippen molar-refractivity contribution in [3.8, 4) is 0 Å². The van der Waals surface area contributed by atoms with Gasteiger partial charge in [-0.15, -0.1) is 0 Å². The van der Waals surface area contributed by atoms with Crippen molar-refractivity contribution in [1.82, 2.24) is 0 Å². The third-order valence-electron chi connectivity index (χ3n) is 8.99. The van der Waals surface area contributed by atoms with Crippen molar-refractivity contribution < 1.29 is 23.9 Å². The third kappa shape index (κ3) is 3.16. The average molecular weight is 403 g/mol. The zero-order valence-corrected chi connectivity index (χ0v) is 18.1. The first kappa shape index (κ1) is 20.6. The zero-order chi connectivity index (χ0) is 21.0. The molecule has 0 radical (unpaired) electrons. The van der Waals surface area contributed by atoms with Crippen molar-refractivity contribution in [3.05, 3.63) is 11.6 Å². The molecule has 0 N–H and O–H groups in total. The highest BCUT2D eigenvalue weighted by Gasteiger charge is 2.61. The van der Waals surface area contributed by atoms with Gasteiger partial charge in [-0.1, -0.05) is 25.5 Å². The molecule has 0 aliphatic heterocycles. The molecule has 29 heavy (non-hydrogen) atoms. The SMILES string of the molecule is CC(=O)OC1CC2=CC[C@@H]3[C@@H](CC[C@]4(C)C(OC(C)=O)CC[C@@H]34)[C@@]2(C)C(C=O)C1. The Morgan fingerprint density at radius 3 is 2.45 bits per heavy atom. The lowest BCUT2D eigenvalue weighted by Crippen LogP contribution is -2.54. The van der Waals surface area contributed by atoms with Crippen LogP contribution in [0, 0.1) is 34.5 Å². The fourth-order valence-electron chi connectivity index (χ4n) is 7.64. The van der Waals surface area contributed by atoms with E-state index in [0.717, 1.165) is 44.8 Å². The van der Waals surface area contributed by atoms with Gasteiger partial charge in [0.05, 0.1) is 0 Å². The Balaban J connectivity index is 1.63. The second-order valence-electron chi connectivity index (χ2n) is 10.3. The van der Waals surface area contributed by atoms with Crippen LogP contribution in [-0.2, 0) is 23.9 Å². The zero-order valence-electron chi connectivity index (χ0n) is 18.1. The number of aldehydes is 1. The summed E-state index contributed by atoms with van der Waals surface area (Å²) >= 11 is 0. The minimum Gasteiger partial charge on any atom is -0.462 e. The first-order chi connectivity index (χ1) is 13.7. The molecule has 8 atom stereocenters. The maximum absolute atomic E-state index is 12.2. The molecular weight excluding hydrogens is 368 g/mol. The highest BCUT2D eigenvalue weighted by Crippen LogP contribution is 2.66. The van der Waals surface area contributed by atoms with Gasteiger partial charge in [0.25, 0.3) is 0 Å². The number of hydrogen-bond donors (Lipinski definition) is 0. The Labute approximate surface area is 173 Å². The molecule has 0 heterocycles. The first-order valence-electron chi connectivity index (χ1n) is 11.2. The monoisotopic (exact) mass is 402 g/mol. The molecule has 160 valence electrons. The van der Waals surface area contributed by atoms with Crippen molar-refractivity contribution in [2.24, 2.45) is 34.5 Å². The molecule has 4 rings (SSSR count). The number of fused-ring (bicyclic) bond motifs is 5. The Morgan fingerprint density at radius 1 is 1.07 bits per heavy atom. The van der Waals surface area contributed by atoms with Gasteiger partial charge in [-0.3, -0.25) is 9.59 Å². The lowest BCUT2D eigenvalue weighted by Gasteiger charge is -2.59. The van der Waals surface area contributed by atoms with Gasteiger partial charge in [0, 0.05) is 37.0 Å². The van der Waals surface area contributed by atoms with E-state index in [4.69, 9.17) is 9.47 Å². The number of allylic oxidation sites excluding steroid dienone is 1. The largest absolute Gasteiger partial charge is 0.462 e. The summed E-state index contributed by atoms with van der Waals surface area (Å²) in [7, 11) is 0. The van der Waals surface area contributed by atoms with Crippen molar-refractivity contribution in [2.75, 3.05) is 0 Å². The molecule has 4 aliphatic rings. The van der Waals surface area contributed by atoms with Gasteiger partial charge >= 0.3 is 11.9 Å². The average Bonchev–Trinajstić information content (AvgIpc) is 2.97. The normalized spacial score (nSPS) is 45.9. The number of carbonyl (C=O) groups excluding carboxylic acids is 3. The van der Waals surface area contributed by atoms with Gasteiger partial charge in [0.15, 0.2) is 0 Å². The summed E-state index contributed by atoms with van der Waals surface area (Å²) in [6.45, 7) is 7.54. The van der Waals surface area contributed by atoms with Crippen LogP contribution >= 0.6 is 0 Å². The molecule has 0 aromatic rings. The quantitative estimate of drug-likeness (QED) is 0.401. The van der Waals surface area contributed by atoms with Crippen LogP contribution in [0.1, 0.15) is 72.6 Å². The fourth-order valence-corrected chi connectivity index (χ4v) is 7.64. The number of carbonyl (C=O) groups is 3. The van der Waals surface area contributed by atoms with Gasteiger partial charge in [-0.05, 0) is 56.3 Å². The predicted octanol–water partition coefficient (Wildman–Crippen LogP) is 4.24. The second kappa shape index (κ2) is 7.24. The molecule has 0 amide bonds. The number of esters is 2. The Morgan fingerprint density at radius 2 is 1.79 bits per heavy atom. The van der Waals surface area contributed by atoms with E-state index >= 15 is 0 Å². The summed E-state index contributed by atoms with van der Waals surface area (Å²) < 4.78 is 11.2. The lowest BCUT2D eigenvalue weighted by molar-refractivity contribution is -0.159. The van der Waals surface area contributed by atoms with E-state index in [0.29, 0.717) is 24.2 Å². The van der Waals surface area contributed by atoms with Gasteiger partial charge in [0.2, 0.25) is 0 Å². The molecule has 3 unspecified atom stereocenters. The summed E-state index contributed by atoms with van der Waals surface area (Å²) in [5.41, 5.74) is 1.20. The van der Waals surface area contributed by atoms with E-state index in [1.54, 1.807) is 0 Å². The van der Waals surface area contributed by atoms with Crippen molar-refractivity contribution in [2.45, 2.75) is 84.8 Å². The second-order valence-corrected chi connectivity index (χ2v) is 10.3. The van der Waals surface area contributed by atoms with Crippen LogP contribution in [0.5, 0.6) is 0 Å². The van der Waals surface area contributed by atoms with Crippen LogP contribution < -0.4 is 0 Å². The molecule has 0 bridgehead atoms. The Bertz CT molecular complexity index is 742. The van der Waals surface area contributed by atoms with E-state index < -0.39 is 0 Å².